The number of rotatable bonds is 2. The van der Waals surface area contributed by atoms with Crippen molar-refractivity contribution < 1.29 is 0 Å². The molecule has 0 radical (unpaired) electrons. The third-order valence-electron chi connectivity index (χ3n) is 7.26. The molecule has 10 heteroatoms. The molecule has 7 rings (SSSR count). The van der Waals surface area contributed by atoms with Gasteiger partial charge in [-0.3, -0.25) is 10.2 Å². The van der Waals surface area contributed by atoms with Crippen LogP contribution >= 0.6 is 0 Å². The van der Waals surface area contributed by atoms with Crippen molar-refractivity contribution in [1.82, 2.24) is 49.7 Å². The molecule has 6 aromatic rings. The molecule has 0 saturated heterocycles. The van der Waals surface area contributed by atoms with Gasteiger partial charge in [0.05, 0.1) is 22.2 Å². The van der Waals surface area contributed by atoms with Crippen molar-refractivity contribution in [2.45, 2.75) is 38.5 Å². The van der Waals surface area contributed by atoms with Crippen LogP contribution in [-0.2, 0) is 10.8 Å². The number of nitrogens with zero attached hydrogens (tertiary/aromatic N) is 8. The normalized spacial score (nSPS) is 15.3. The number of H-pyrrole nitrogens is 2. The first kappa shape index (κ1) is 22.3. The van der Waals surface area contributed by atoms with Gasteiger partial charge in [0.25, 0.3) is 0 Å². The fourth-order valence-corrected chi connectivity index (χ4v) is 4.95. The Kier molecular flexibility index (Phi) is 4.60. The Balaban J connectivity index is 1.56. The number of nitrogens with one attached hydrogen (secondary N) is 2. The van der Waals surface area contributed by atoms with Crippen LogP contribution in [0.15, 0.2) is 72.9 Å². The molecule has 5 heterocycles. The molecule has 0 fully saturated rings. The second kappa shape index (κ2) is 7.82. The van der Waals surface area contributed by atoms with E-state index in [1.54, 1.807) is 0 Å². The summed E-state index contributed by atoms with van der Waals surface area (Å²) in [5.41, 5.74) is 3.05. The molecule has 2 aromatic carbocycles. The first-order valence-electron chi connectivity index (χ1n) is 12.5. The molecule has 10 nitrogen and oxygen atoms in total. The van der Waals surface area contributed by atoms with Crippen LogP contribution in [-0.4, -0.2) is 49.7 Å². The summed E-state index contributed by atoms with van der Waals surface area (Å²) in [7, 11) is 0. The van der Waals surface area contributed by atoms with Gasteiger partial charge in [-0.2, -0.15) is 15.3 Å². The molecular weight excluding hydrogens is 476 g/mol. The lowest BCUT2D eigenvalue weighted by Crippen LogP contribution is -2.27. The molecule has 0 atom stereocenters. The van der Waals surface area contributed by atoms with Crippen LogP contribution in [0.4, 0.5) is 0 Å². The highest BCUT2D eigenvalue weighted by molar-refractivity contribution is 5.56. The number of hydrogen-bond donors (Lipinski definition) is 2. The van der Waals surface area contributed by atoms with Gasteiger partial charge >= 0.3 is 0 Å². The zero-order valence-corrected chi connectivity index (χ0v) is 21.5. The first-order chi connectivity index (χ1) is 18.3. The summed E-state index contributed by atoms with van der Waals surface area (Å²) < 4.78 is 4.08. The van der Waals surface area contributed by atoms with E-state index in [4.69, 9.17) is 20.1 Å². The summed E-state index contributed by atoms with van der Waals surface area (Å²) >= 11 is 0. The highest BCUT2D eigenvalue weighted by Gasteiger charge is 2.37. The van der Waals surface area contributed by atoms with Crippen LogP contribution in [0.1, 0.15) is 50.9 Å². The van der Waals surface area contributed by atoms with Gasteiger partial charge in [-0.15, -0.1) is 0 Å². The topological polar surface area (TPSA) is 119 Å². The van der Waals surface area contributed by atoms with Crippen LogP contribution in [0.2, 0.25) is 0 Å². The number of para-hydroxylation sites is 2. The number of aromatic amines is 2. The van der Waals surface area contributed by atoms with Crippen molar-refractivity contribution in [3.8, 4) is 34.4 Å². The van der Waals surface area contributed by atoms with E-state index in [1.807, 2.05) is 73.3 Å². The van der Waals surface area contributed by atoms with E-state index in [0.29, 0.717) is 34.7 Å². The van der Waals surface area contributed by atoms with Crippen LogP contribution in [0.3, 0.4) is 0 Å². The zero-order valence-electron chi connectivity index (χ0n) is 21.5. The lowest BCUT2D eigenvalue weighted by atomic mass is 9.87. The summed E-state index contributed by atoms with van der Waals surface area (Å²) in [5.74, 6) is 3.20. The molecular formula is C28H26N10. The van der Waals surface area contributed by atoms with Gasteiger partial charge in [0.2, 0.25) is 11.6 Å². The van der Waals surface area contributed by atoms with E-state index in [-0.39, 0.29) is 0 Å². The van der Waals surface area contributed by atoms with Crippen LogP contribution < -0.4 is 0 Å². The molecule has 4 aromatic heterocycles. The molecule has 0 saturated carbocycles. The summed E-state index contributed by atoms with van der Waals surface area (Å²) in [6.45, 7) is 8.36. The van der Waals surface area contributed by atoms with Crippen LogP contribution in [0.25, 0.3) is 34.4 Å². The highest BCUT2D eigenvalue weighted by Crippen LogP contribution is 2.38. The predicted molar refractivity (Wildman–Crippen MR) is 142 cm³/mol. The minimum absolute atomic E-state index is 0.517. The summed E-state index contributed by atoms with van der Waals surface area (Å²) in [6.07, 6.45) is 2.00. The van der Waals surface area contributed by atoms with E-state index >= 15 is 0 Å². The highest BCUT2D eigenvalue weighted by atomic mass is 15.3. The number of imidazole rings is 1. The zero-order chi connectivity index (χ0) is 26.1. The van der Waals surface area contributed by atoms with Crippen molar-refractivity contribution in [3.63, 3.8) is 0 Å². The average Bonchev–Trinajstić information content (AvgIpc) is 3.73. The number of hydrogen-bond acceptors (Lipinski definition) is 6. The minimum Gasteiger partial charge on any atom is -0.302 e. The smallest absolute Gasteiger partial charge is 0.201 e. The summed E-state index contributed by atoms with van der Waals surface area (Å²) in [4.78, 5) is 14.8. The molecule has 0 amide bonds. The Morgan fingerprint density at radius 3 is 1.87 bits per heavy atom. The maximum Gasteiger partial charge on any atom is 0.201 e. The van der Waals surface area contributed by atoms with Crippen molar-refractivity contribution in [3.05, 3.63) is 96.1 Å². The average molecular weight is 503 g/mol. The molecule has 8 bridgehead atoms. The summed E-state index contributed by atoms with van der Waals surface area (Å²) in [6, 6.07) is 22.3. The largest absolute Gasteiger partial charge is 0.302 e. The molecule has 0 spiro atoms. The molecule has 0 aliphatic carbocycles. The fraction of sp³-hybridized carbons (Fsp3) is 0.214. The van der Waals surface area contributed by atoms with Crippen LogP contribution in [0.5, 0.6) is 0 Å². The van der Waals surface area contributed by atoms with E-state index < -0.39 is 10.8 Å². The monoisotopic (exact) mass is 502 g/mol. The van der Waals surface area contributed by atoms with Crippen molar-refractivity contribution in [1.29, 1.82) is 0 Å². The Labute approximate surface area is 218 Å². The Morgan fingerprint density at radius 1 is 0.658 bits per heavy atom. The number of aromatic nitrogens is 10. The van der Waals surface area contributed by atoms with Gasteiger partial charge in [-0.05, 0) is 58.0 Å². The Bertz CT molecular complexity index is 1640. The quantitative estimate of drug-likeness (QED) is 0.357. The molecule has 0 unspecified atom stereocenters. The van der Waals surface area contributed by atoms with Crippen LogP contribution in [0, 0.1) is 0 Å². The lowest BCUT2D eigenvalue weighted by Gasteiger charge is -2.26. The van der Waals surface area contributed by atoms with Gasteiger partial charge in [0.1, 0.15) is 28.9 Å². The maximum atomic E-state index is 5.14. The maximum absolute atomic E-state index is 5.14. The lowest BCUT2D eigenvalue weighted by molar-refractivity contribution is 0.539. The second-order valence-corrected chi connectivity index (χ2v) is 10.6. The first-order valence-corrected chi connectivity index (χ1v) is 12.5. The van der Waals surface area contributed by atoms with E-state index in [0.717, 1.165) is 22.9 Å². The molecule has 38 heavy (non-hydrogen) atoms. The van der Waals surface area contributed by atoms with E-state index in [2.05, 4.69) is 57.0 Å². The molecule has 2 N–H and O–H groups in total. The minimum atomic E-state index is -0.602. The van der Waals surface area contributed by atoms with E-state index in [1.165, 1.54) is 0 Å². The fourth-order valence-electron chi connectivity index (χ4n) is 4.95. The van der Waals surface area contributed by atoms with Crippen molar-refractivity contribution >= 4 is 0 Å². The van der Waals surface area contributed by atoms with Gasteiger partial charge < -0.3 is 4.57 Å². The molecule has 188 valence electrons. The molecule has 1 aliphatic rings. The third-order valence-corrected chi connectivity index (χ3v) is 7.26. The number of benzene rings is 2. The predicted octanol–water partition coefficient (Wildman–Crippen LogP) is 4.59. The summed E-state index contributed by atoms with van der Waals surface area (Å²) in [5, 5.41) is 20.3. The standard InChI is InChI=1S/C28H26N10/c1-27(2)21-15-19(36-38(21)18-13-9-6-10-14-18)22-30-24(34-32-22)28(3,4)25-31-23(33-35-25)20-16-37(26(27)29-20)17-11-7-5-8-12-17/h5-16H,1-4H3,(H,30,32,34)(H,31,33,35). The van der Waals surface area contributed by atoms with Gasteiger partial charge in [0, 0.05) is 11.9 Å². The van der Waals surface area contributed by atoms with Gasteiger partial charge in [-0.1, -0.05) is 36.4 Å². The van der Waals surface area contributed by atoms with Gasteiger partial charge in [0.15, 0.2) is 0 Å². The number of fused-ring (bicyclic) bond motifs is 10. The third kappa shape index (κ3) is 3.26. The second-order valence-electron chi connectivity index (χ2n) is 10.6. The van der Waals surface area contributed by atoms with Crippen molar-refractivity contribution in [2.75, 3.05) is 0 Å². The van der Waals surface area contributed by atoms with Crippen molar-refractivity contribution in [2.24, 2.45) is 0 Å². The SMILES string of the molecule is CC1(C)c2nc(n[nH]2)-c2cn(-c3ccccc3)c(n2)C(C)(C)c2cc(nn2-c2ccccc2)-c2n[nH]c1n2. The Morgan fingerprint density at radius 2 is 1.24 bits per heavy atom. The van der Waals surface area contributed by atoms with E-state index in [9.17, 15) is 0 Å². The Hall–Kier alpha value is -4.86. The molecule has 1 aliphatic heterocycles. The van der Waals surface area contributed by atoms with Gasteiger partial charge in [-0.25, -0.2) is 19.6 Å².